The third-order valence-corrected chi connectivity index (χ3v) is 4.50. The SMILES string of the molecule is CNC1(C#N)CCC(N2CCCCC2C)C1. The van der Waals surface area contributed by atoms with Crippen molar-refractivity contribution in [2.75, 3.05) is 13.6 Å². The van der Waals surface area contributed by atoms with Gasteiger partial charge < -0.3 is 5.32 Å². The van der Waals surface area contributed by atoms with Gasteiger partial charge in [0, 0.05) is 12.1 Å². The summed E-state index contributed by atoms with van der Waals surface area (Å²) in [5, 5.41) is 12.5. The topological polar surface area (TPSA) is 39.1 Å². The maximum atomic E-state index is 9.27. The Labute approximate surface area is 98.8 Å². The second-order valence-corrected chi connectivity index (χ2v) is 5.42. The number of likely N-dealkylation sites (tertiary alicyclic amines) is 1. The molecule has 1 heterocycles. The number of piperidine rings is 1. The zero-order valence-electron chi connectivity index (χ0n) is 10.5. The van der Waals surface area contributed by atoms with E-state index in [0.717, 1.165) is 12.8 Å². The Bertz CT molecular complexity index is 283. The molecule has 3 heteroatoms. The van der Waals surface area contributed by atoms with Crippen molar-refractivity contribution >= 4 is 0 Å². The molecule has 0 aromatic carbocycles. The van der Waals surface area contributed by atoms with Crippen molar-refractivity contribution in [3.63, 3.8) is 0 Å². The molecule has 1 N–H and O–H groups in total. The van der Waals surface area contributed by atoms with Crippen LogP contribution < -0.4 is 5.32 Å². The molecule has 0 bridgehead atoms. The van der Waals surface area contributed by atoms with Crippen LogP contribution in [0, 0.1) is 11.3 Å². The number of nitrogens with zero attached hydrogens (tertiary/aromatic N) is 2. The van der Waals surface area contributed by atoms with Crippen molar-refractivity contribution in [1.29, 1.82) is 5.26 Å². The lowest BCUT2D eigenvalue weighted by atomic mass is 9.97. The molecule has 0 radical (unpaired) electrons. The molecule has 1 saturated heterocycles. The molecule has 3 unspecified atom stereocenters. The van der Waals surface area contributed by atoms with Gasteiger partial charge in [0.15, 0.2) is 0 Å². The van der Waals surface area contributed by atoms with Crippen LogP contribution in [-0.4, -0.2) is 36.1 Å². The standard InChI is InChI=1S/C13H23N3/c1-11-5-3-4-8-16(11)12-6-7-13(9-12,10-14)15-2/h11-12,15H,3-9H2,1-2H3. The van der Waals surface area contributed by atoms with Crippen LogP contribution >= 0.6 is 0 Å². The fourth-order valence-electron chi connectivity index (χ4n) is 3.35. The molecular weight excluding hydrogens is 198 g/mol. The van der Waals surface area contributed by atoms with E-state index in [1.54, 1.807) is 0 Å². The molecule has 0 amide bonds. The highest BCUT2D eigenvalue weighted by atomic mass is 15.2. The third-order valence-electron chi connectivity index (χ3n) is 4.50. The summed E-state index contributed by atoms with van der Waals surface area (Å²) in [6.45, 7) is 3.57. The highest BCUT2D eigenvalue weighted by Crippen LogP contribution is 2.35. The summed E-state index contributed by atoms with van der Waals surface area (Å²) in [4.78, 5) is 2.64. The van der Waals surface area contributed by atoms with Crippen molar-refractivity contribution in [2.45, 2.75) is 63.1 Å². The second kappa shape index (κ2) is 4.73. The van der Waals surface area contributed by atoms with Crippen molar-refractivity contribution in [2.24, 2.45) is 0 Å². The summed E-state index contributed by atoms with van der Waals surface area (Å²) in [7, 11) is 1.92. The first-order valence-electron chi connectivity index (χ1n) is 6.57. The van der Waals surface area contributed by atoms with E-state index in [4.69, 9.17) is 0 Å². The molecule has 3 atom stereocenters. The lowest BCUT2D eigenvalue weighted by Crippen LogP contribution is -2.46. The molecule has 1 aliphatic heterocycles. The zero-order valence-corrected chi connectivity index (χ0v) is 10.5. The number of rotatable bonds is 2. The summed E-state index contributed by atoms with van der Waals surface area (Å²) >= 11 is 0. The molecular formula is C13H23N3. The summed E-state index contributed by atoms with van der Waals surface area (Å²) in [5.41, 5.74) is -0.248. The third kappa shape index (κ3) is 2.09. The first-order chi connectivity index (χ1) is 7.71. The Balaban J connectivity index is 2.00. The Morgan fingerprint density at radius 1 is 1.38 bits per heavy atom. The second-order valence-electron chi connectivity index (χ2n) is 5.42. The fraction of sp³-hybridized carbons (Fsp3) is 0.923. The molecule has 3 nitrogen and oxygen atoms in total. The van der Waals surface area contributed by atoms with Crippen LogP contribution in [0.25, 0.3) is 0 Å². The average Bonchev–Trinajstić information content (AvgIpc) is 2.75. The smallest absolute Gasteiger partial charge is 0.108 e. The van der Waals surface area contributed by atoms with E-state index in [1.165, 1.54) is 32.2 Å². The van der Waals surface area contributed by atoms with E-state index in [0.29, 0.717) is 12.1 Å². The Kier molecular flexibility index (Phi) is 3.51. The summed E-state index contributed by atoms with van der Waals surface area (Å²) < 4.78 is 0. The van der Waals surface area contributed by atoms with Gasteiger partial charge in [0.1, 0.15) is 5.54 Å². The molecule has 2 rings (SSSR count). The molecule has 2 fully saturated rings. The minimum absolute atomic E-state index is 0.248. The fourth-order valence-corrected chi connectivity index (χ4v) is 3.35. The Hall–Kier alpha value is -0.590. The van der Waals surface area contributed by atoms with Gasteiger partial charge in [-0.15, -0.1) is 0 Å². The Morgan fingerprint density at radius 3 is 2.75 bits per heavy atom. The van der Waals surface area contributed by atoms with Gasteiger partial charge in [-0.3, -0.25) is 4.90 Å². The quantitative estimate of drug-likeness (QED) is 0.774. The van der Waals surface area contributed by atoms with Crippen LogP contribution in [-0.2, 0) is 0 Å². The van der Waals surface area contributed by atoms with Gasteiger partial charge in [-0.25, -0.2) is 0 Å². The summed E-state index contributed by atoms with van der Waals surface area (Å²) in [6.07, 6.45) is 7.23. The van der Waals surface area contributed by atoms with Gasteiger partial charge in [-0.05, 0) is 52.6 Å². The molecule has 16 heavy (non-hydrogen) atoms. The van der Waals surface area contributed by atoms with E-state index in [2.05, 4.69) is 23.2 Å². The largest absolute Gasteiger partial charge is 0.302 e. The monoisotopic (exact) mass is 221 g/mol. The molecule has 0 aromatic rings. The van der Waals surface area contributed by atoms with Gasteiger partial charge in [-0.1, -0.05) is 6.42 Å². The maximum Gasteiger partial charge on any atom is 0.108 e. The molecule has 1 aliphatic carbocycles. The first kappa shape index (κ1) is 11.9. The van der Waals surface area contributed by atoms with Gasteiger partial charge >= 0.3 is 0 Å². The van der Waals surface area contributed by atoms with E-state index < -0.39 is 0 Å². The lowest BCUT2D eigenvalue weighted by molar-refractivity contribution is 0.105. The van der Waals surface area contributed by atoms with Gasteiger partial charge in [0.05, 0.1) is 6.07 Å². The predicted octanol–water partition coefficient (Wildman–Crippen LogP) is 1.90. The van der Waals surface area contributed by atoms with Gasteiger partial charge in [0.25, 0.3) is 0 Å². The number of hydrogen-bond acceptors (Lipinski definition) is 3. The van der Waals surface area contributed by atoms with E-state index in [9.17, 15) is 5.26 Å². The van der Waals surface area contributed by atoms with Crippen LogP contribution in [0.15, 0.2) is 0 Å². The highest BCUT2D eigenvalue weighted by molar-refractivity contribution is 5.13. The normalized spacial score (nSPS) is 40.8. The van der Waals surface area contributed by atoms with Crippen molar-refractivity contribution < 1.29 is 0 Å². The van der Waals surface area contributed by atoms with Crippen LogP contribution in [0.4, 0.5) is 0 Å². The summed E-state index contributed by atoms with van der Waals surface area (Å²) in [6, 6.07) is 3.81. The van der Waals surface area contributed by atoms with Crippen molar-refractivity contribution in [1.82, 2.24) is 10.2 Å². The molecule has 1 saturated carbocycles. The van der Waals surface area contributed by atoms with Crippen molar-refractivity contribution in [3.05, 3.63) is 0 Å². The summed E-state index contributed by atoms with van der Waals surface area (Å²) in [5.74, 6) is 0. The van der Waals surface area contributed by atoms with Gasteiger partial charge in [-0.2, -0.15) is 5.26 Å². The number of hydrogen-bond donors (Lipinski definition) is 1. The average molecular weight is 221 g/mol. The molecule has 90 valence electrons. The molecule has 2 aliphatic rings. The first-order valence-corrected chi connectivity index (χ1v) is 6.57. The minimum atomic E-state index is -0.248. The van der Waals surface area contributed by atoms with Crippen LogP contribution in [0.2, 0.25) is 0 Å². The van der Waals surface area contributed by atoms with Crippen LogP contribution in [0.1, 0.15) is 45.4 Å². The van der Waals surface area contributed by atoms with Crippen LogP contribution in [0.3, 0.4) is 0 Å². The maximum absolute atomic E-state index is 9.27. The van der Waals surface area contributed by atoms with Crippen LogP contribution in [0.5, 0.6) is 0 Å². The lowest BCUT2D eigenvalue weighted by Gasteiger charge is -2.38. The Morgan fingerprint density at radius 2 is 2.19 bits per heavy atom. The predicted molar refractivity (Wildman–Crippen MR) is 65.1 cm³/mol. The van der Waals surface area contributed by atoms with E-state index in [1.807, 2.05) is 7.05 Å². The molecule has 0 aromatic heterocycles. The number of nitrogens with one attached hydrogen (secondary N) is 1. The van der Waals surface area contributed by atoms with E-state index >= 15 is 0 Å². The van der Waals surface area contributed by atoms with E-state index in [-0.39, 0.29) is 5.54 Å². The van der Waals surface area contributed by atoms with Crippen molar-refractivity contribution in [3.8, 4) is 6.07 Å². The minimum Gasteiger partial charge on any atom is -0.302 e. The number of nitriles is 1. The zero-order chi connectivity index (χ0) is 11.6. The molecule has 0 spiro atoms. The van der Waals surface area contributed by atoms with Gasteiger partial charge in [0.2, 0.25) is 0 Å². The highest BCUT2D eigenvalue weighted by Gasteiger charge is 2.41.